The van der Waals surface area contributed by atoms with E-state index in [1.165, 1.54) is 6.20 Å². The molecule has 1 fully saturated rings. The molecule has 1 aromatic rings. The molecule has 6 nitrogen and oxygen atoms in total. The molecular weight excluding hydrogens is 270 g/mol. The summed E-state index contributed by atoms with van der Waals surface area (Å²) >= 11 is 6.04. The molecule has 19 heavy (non-hydrogen) atoms. The van der Waals surface area contributed by atoms with Crippen molar-refractivity contribution in [2.24, 2.45) is 0 Å². The number of carbonyl (C=O) groups excluding carboxylic acids is 1. The highest BCUT2D eigenvalue weighted by molar-refractivity contribution is 6.33. The van der Waals surface area contributed by atoms with Crippen LogP contribution in [0.5, 0.6) is 0 Å². The number of aromatic nitrogens is 2. The summed E-state index contributed by atoms with van der Waals surface area (Å²) in [5.74, 6) is -0.0488. The van der Waals surface area contributed by atoms with Crippen LogP contribution in [0, 0.1) is 0 Å². The van der Waals surface area contributed by atoms with Crippen LogP contribution in [0.15, 0.2) is 6.20 Å². The zero-order chi connectivity index (χ0) is 13.7. The van der Waals surface area contributed by atoms with E-state index in [9.17, 15) is 4.79 Å². The van der Waals surface area contributed by atoms with E-state index in [1.54, 1.807) is 11.8 Å². The maximum absolute atomic E-state index is 12.3. The largest absolute Gasteiger partial charge is 0.383 e. The van der Waals surface area contributed by atoms with E-state index in [0.29, 0.717) is 43.4 Å². The van der Waals surface area contributed by atoms with Gasteiger partial charge in [-0.2, -0.15) is 5.10 Å². The molecule has 2 heterocycles. The molecule has 1 aliphatic rings. The van der Waals surface area contributed by atoms with Crippen molar-refractivity contribution in [3.63, 3.8) is 0 Å². The standard InChI is InChI=1S/C12H18ClN3O3/c1-18-5-3-16-12(10(13)8-15-16)11(17)6-9-7-14-2-4-19-9/h8-9,14H,2-7H2,1H3. The topological polar surface area (TPSA) is 65.4 Å². The number of hydrogen-bond donors (Lipinski definition) is 1. The third kappa shape index (κ3) is 3.76. The highest BCUT2D eigenvalue weighted by Crippen LogP contribution is 2.18. The van der Waals surface area contributed by atoms with Crippen molar-refractivity contribution in [2.45, 2.75) is 19.1 Å². The van der Waals surface area contributed by atoms with E-state index in [0.717, 1.165) is 6.54 Å². The number of hydrogen-bond acceptors (Lipinski definition) is 5. The molecule has 0 bridgehead atoms. The van der Waals surface area contributed by atoms with Crippen LogP contribution in [0.3, 0.4) is 0 Å². The molecule has 0 radical (unpaired) electrons. The lowest BCUT2D eigenvalue weighted by Crippen LogP contribution is -2.39. The molecule has 2 rings (SSSR count). The molecule has 1 aliphatic heterocycles. The van der Waals surface area contributed by atoms with Crippen LogP contribution in [0.25, 0.3) is 0 Å². The molecule has 0 aromatic carbocycles. The van der Waals surface area contributed by atoms with Crippen LogP contribution in [0.2, 0.25) is 5.02 Å². The minimum Gasteiger partial charge on any atom is -0.383 e. The summed E-state index contributed by atoms with van der Waals surface area (Å²) in [7, 11) is 1.61. The van der Waals surface area contributed by atoms with E-state index in [2.05, 4.69) is 10.4 Å². The van der Waals surface area contributed by atoms with Crippen molar-refractivity contribution in [3.8, 4) is 0 Å². The molecule has 0 amide bonds. The predicted octanol–water partition coefficient (Wildman–Crippen LogP) is 0.744. The van der Waals surface area contributed by atoms with Gasteiger partial charge in [-0.25, -0.2) is 0 Å². The number of nitrogens with one attached hydrogen (secondary N) is 1. The van der Waals surface area contributed by atoms with Crippen LogP contribution in [-0.4, -0.2) is 55.1 Å². The van der Waals surface area contributed by atoms with Gasteiger partial charge < -0.3 is 14.8 Å². The van der Waals surface area contributed by atoms with E-state index >= 15 is 0 Å². The highest BCUT2D eigenvalue weighted by atomic mass is 35.5. The van der Waals surface area contributed by atoms with Gasteiger partial charge >= 0.3 is 0 Å². The fraction of sp³-hybridized carbons (Fsp3) is 0.667. The van der Waals surface area contributed by atoms with Crippen molar-refractivity contribution in [2.75, 3.05) is 33.4 Å². The number of Topliss-reactive ketones (excluding diaryl/α,β-unsaturated/α-hetero) is 1. The average Bonchev–Trinajstić information content (AvgIpc) is 2.78. The number of halogens is 1. The average molecular weight is 288 g/mol. The van der Waals surface area contributed by atoms with Crippen LogP contribution < -0.4 is 5.32 Å². The lowest BCUT2D eigenvalue weighted by atomic mass is 10.1. The first-order valence-corrected chi connectivity index (χ1v) is 6.66. The lowest BCUT2D eigenvalue weighted by Gasteiger charge is -2.23. The van der Waals surface area contributed by atoms with Gasteiger partial charge in [0.2, 0.25) is 0 Å². The number of ether oxygens (including phenoxy) is 2. The molecule has 0 aliphatic carbocycles. The maximum Gasteiger partial charge on any atom is 0.185 e. The van der Waals surface area contributed by atoms with Crippen molar-refractivity contribution in [1.82, 2.24) is 15.1 Å². The third-order valence-electron chi connectivity index (χ3n) is 2.98. The Balaban J connectivity index is 2.02. The van der Waals surface area contributed by atoms with Gasteiger partial charge in [0.15, 0.2) is 5.78 Å². The molecular formula is C12H18ClN3O3. The Labute approximate surface area is 117 Å². The van der Waals surface area contributed by atoms with Gasteiger partial charge in [0.05, 0.1) is 37.1 Å². The molecule has 1 aromatic heterocycles. The van der Waals surface area contributed by atoms with Crippen molar-refractivity contribution >= 4 is 17.4 Å². The van der Waals surface area contributed by atoms with Gasteiger partial charge in [-0.3, -0.25) is 9.48 Å². The van der Waals surface area contributed by atoms with Gasteiger partial charge in [-0.1, -0.05) is 11.6 Å². The van der Waals surface area contributed by atoms with E-state index in [1.807, 2.05) is 0 Å². The van der Waals surface area contributed by atoms with Gasteiger partial charge in [0.25, 0.3) is 0 Å². The quantitative estimate of drug-likeness (QED) is 0.782. The molecule has 0 spiro atoms. The molecule has 1 atom stereocenters. The van der Waals surface area contributed by atoms with E-state index in [-0.39, 0.29) is 11.9 Å². The number of ketones is 1. The summed E-state index contributed by atoms with van der Waals surface area (Å²) in [6, 6.07) is 0. The minimum atomic E-state index is -0.0944. The number of carbonyl (C=O) groups is 1. The first-order chi connectivity index (χ1) is 9.22. The maximum atomic E-state index is 12.3. The zero-order valence-corrected chi connectivity index (χ0v) is 11.7. The Bertz CT molecular complexity index is 430. The van der Waals surface area contributed by atoms with Gasteiger partial charge in [-0.15, -0.1) is 0 Å². The van der Waals surface area contributed by atoms with Gasteiger partial charge in [-0.05, 0) is 0 Å². The summed E-state index contributed by atoms with van der Waals surface area (Å²) in [6.07, 6.45) is 1.71. The Morgan fingerprint density at radius 2 is 2.58 bits per heavy atom. The monoisotopic (exact) mass is 287 g/mol. The van der Waals surface area contributed by atoms with Gasteiger partial charge in [0, 0.05) is 26.6 Å². The van der Waals surface area contributed by atoms with Crippen LogP contribution in [-0.2, 0) is 16.0 Å². The van der Waals surface area contributed by atoms with Gasteiger partial charge in [0.1, 0.15) is 5.69 Å². The zero-order valence-electron chi connectivity index (χ0n) is 10.9. The Hall–Kier alpha value is -0.950. The van der Waals surface area contributed by atoms with Crippen molar-refractivity contribution < 1.29 is 14.3 Å². The summed E-state index contributed by atoms with van der Waals surface area (Å²) in [4.78, 5) is 12.3. The molecule has 0 saturated carbocycles. The molecule has 7 heteroatoms. The SMILES string of the molecule is COCCn1ncc(Cl)c1C(=O)CC1CNCCO1. The summed E-state index contributed by atoms with van der Waals surface area (Å²) in [5.41, 5.74) is 0.438. The summed E-state index contributed by atoms with van der Waals surface area (Å²) < 4.78 is 12.1. The predicted molar refractivity (Wildman–Crippen MR) is 70.7 cm³/mol. The van der Waals surface area contributed by atoms with Crippen LogP contribution in [0.4, 0.5) is 0 Å². The van der Waals surface area contributed by atoms with Crippen LogP contribution >= 0.6 is 11.6 Å². The number of methoxy groups -OCH3 is 1. The first-order valence-electron chi connectivity index (χ1n) is 6.28. The molecule has 1 unspecified atom stereocenters. The fourth-order valence-electron chi connectivity index (χ4n) is 2.04. The second-order valence-electron chi connectivity index (χ2n) is 4.38. The van der Waals surface area contributed by atoms with E-state index < -0.39 is 0 Å². The minimum absolute atomic E-state index is 0.0488. The smallest absolute Gasteiger partial charge is 0.185 e. The normalized spacial score (nSPS) is 19.6. The molecule has 1 saturated heterocycles. The Morgan fingerprint density at radius 3 is 3.26 bits per heavy atom. The first kappa shape index (κ1) is 14.5. The number of rotatable bonds is 6. The summed E-state index contributed by atoms with van der Waals surface area (Å²) in [6.45, 7) is 3.15. The Kier molecular flexibility index (Phi) is 5.33. The second kappa shape index (κ2) is 7.00. The van der Waals surface area contributed by atoms with Crippen molar-refractivity contribution in [3.05, 3.63) is 16.9 Å². The number of morpholine rings is 1. The third-order valence-corrected chi connectivity index (χ3v) is 3.26. The molecule has 106 valence electrons. The highest BCUT2D eigenvalue weighted by Gasteiger charge is 2.23. The summed E-state index contributed by atoms with van der Waals surface area (Å²) in [5, 5.41) is 7.67. The second-order valence-corrected chi connectivity index (χ2v) is 4.79. The van der Waals surface area contributed by atoms with Crippen molar-refractivity contribution in [1.29, 1.82) is 0 Å². The Morgan fingerprint density at radius 1 is 1.74 bits per heavy atom. The lowest BCUT2D eigenvalue weighted by molar-refractivity contribution is 0.0237. The molecule has 1 N–H and O–H groups in total. The van der Waals surface area contributed by atoms with E-state index in [4.69, 9.17) is 21.1 Å². The van der Waals surface area contributed by atoms with Crippen LogP contribution in [0.1, 0.15) is 16.9 Å². The fourth-order valence-corrected chi connectivity index (χ4v) is 2.29. The number of nitrogens with zero attached hydrogens (tertiary/aromatic N) is 2.